The first kappa shape index (κ1) is 8.48. The molecule has 0 bridgehead atoms. The molecular weight excluding hydrogens is 152 g/mol. The summed E-state index contributed by atoms with van der Waals surface area (Å²) in [5, 5.41) is 12.9. The lowest BCUT2D eigenvalue weighted by Crippen LogP contribution is -2.45. The summed E-state index contributed by atoms with van der Waals surface area (Å²) >= 11 is 0. The van der Waals surface area contributed by atoms with Gasteiger partial charge in [-0.25, -0.2) is 0 Å². The quantitative estimate of drug-likeness (QED) is 0.572. The minimum atomic E-state index is -0.136. The van der Waals surface area contributed by atoms with Crippen molar-refractivity contribution in [3.63, 3.8) is 0 Å². The Bertz CT molecular complexity index is 145. The third-order valence-corrected chi connectivity index (χ3v) is 3.01. The van der Waals surface area contributed by atoms with Crippen molar-refractivity contribution in [2.75, 3.05) is 26.2 Å². The summed E-state index contributed by atoms with van der Waals surface area (Å²) < 4.78 is 0. The second kappa shape index (κ2) is 3.73. The lowest BCUT2D eigenvalue weighted by Gasteiger charge is -2.33. The maximum atomic E-state index is 9.64. The van der Waals surface area contributed by atoms with Crippen LogP contribution in [0.15, 0.2) is 0 Å². The molecule has 0 unspecified atom stereocenters. The Labute approximate surface area is 73.8 Å². The van der Waals surface area contributed by atoms with E-state index >= 15 is 0 Å². The van der Waals surface area contributed by atoms with Crippen LogP contribution in [-0.2, 0) is 0 Å². The number of aliphatic hydroxyl groups excluding tert-OH is 1. The Morgan fingerprint density at radius 1 is 1.08 bits per heavy atom. The van der Waals surface area contributed by atoms with Crippen molar-refractivity contribution >= 4 is 0 Å². The first-order valence-corrected chi connectivity index (χ1v) is 5.01. The van der Waals surface area contributed by atoms with Crippen molar-refractivity contribution in [3.8, 4) is 0 Å². The summed E-state index contributed by atoms with van der Waals surface area (Å²) in [6, 6.07) is 0.394. The van der Waals surface area contributed by atoms with Crippen LogP contribution in [0, 0.1) is 0 Å². The molecule has 0 amide bonds. The molecule has 0 saturated carbocycles. The van der Waals surface area contributed by atoms with Crippen LogP contribution in [0.25, 0.3) is 0 Å². The molecule has 2 N–H and O–H groups in total. The fraction of sp³-hybridized carbons (Fsp3) is 1.00. The summed E-state index contributed by atoms with van der Waals surface area (Å²) in [5.74, 6) is 0. The van der Waals surface area contributed by atoms with Crippen molar-refractivity contribution in [1.82, 2.24) is 10.2 Å². The van der Waals surface area contributed by atoms with Gasteiger partial charge in [-0.15, -0.1) is 0 Å². The lowest BCUT2D eigenvalue weighted by atomic mass is 10.1. The molecule has 70 valence electrons. The lowest BCUT2D eigenvalue weighted by molar-refractivity contribution is 0.0706. The molecule has 0 aliphatic carbocycles. The molecule has 0 aromatic heterocycles. The highest BCUT2D eigenvalue weighted by Gasteiger charge is 2.30. The number of hydrogen-bond donors (Lipinski definition) is 2. The second-order valence-electron chi connectivity index (χ2n) is 3.89. The predicted octanol–water partition coefficient (Wildman–Crippen LogP) is -0.195. The Balaban J connectivity index is 1.89. The SMILES string of the molecule is O[C@@H]1CNC[C@H]1N1CCCCC1. The van der Waals surface area contributed by atoms with Gasteiger partial charge in [-0.3, -0.25) is 4.90 Å². The summed E-state index contributed by atoms with van der Waals surface area (Å²) in [6.07, 6.45) is 3.85. The third kappa shape index (κ3) is 1.63. The average molecular weight is 170 g/mol. The maximum absolute atomic E-state index is 9.64. The van der Waals surface area contributed by atoms with E-state index in [0.717, 1.165) is 13.1 Å². The molecule has 2 fully saturated rings. The zero-order valence-electron chi connectivity index (χ0n) is 7.50. The van der Waals surface area contributed by atoms with Gasteiger partial charge in [0, 0.05) is 19.1 Å². The molecule has 0 radical (unpaired) electrons. The number of hydrogen-bond acceptors (Lipinski definition) is 3. The van der Waals surface area contributed by atoms with Gasteiger partial charge in [-0.1, -0.05) is 6.42 Å². The number of likely N-dealkylation sites (tertiary alicyclic amines) is 1. The topological polar surface area (TPSA) is 35.5 Å². The van der Waals surface area contributed by atoms with Gasteiger partial charge in [0.05, 0.1) is 6.10 Å². The van der Waals surface area contributed by atoms with E-state index in [1.54, 1.807) is 0 Å². The molecule has 0 aromatic rings. The summed E-state index contributed by atoms with van der Waals surface area (Å²) in [7, 11) is 0. The van der Waals surface area contributed by atoms with E-state index in [2.05, 4.69) is 10.2 Å². The van der Waals surface area contributed by atoms with E-state index in [-0.39, 0.29) is 6.10 Å². The minimum absolute atomic E-state index is 0.136. The molecule has 2 aliphatic heterocycles. The number of piperidine rings is 1. The maximum Gasteiger partial charge on any atom is 0.0831 e. The van der Waals surface area contributed by atoms with Crippen LogP contribution in [0.4, 0.5) is 0 Å². The molecule has 0 spiro atoms. The van der Waals surface area contributed by atoms with Gasteiger partial charge >= 0.3 is 0 Å². The van der Waals surface area contributed by atoms with Crippen molar-refractivity contribution in [2.24, 2.45) is 0 Å². The summed E-state index contributed by atoms with van der Waals surface area (Å²) in [5.41, 5.74) is 0. The zero-order chi connectivity index (χ0) is 8.39. The first-order valence-electron chi connectivity index (χ1n) is 5.01. The highest BCUT2D eigenvalue weighted by Crippen LogP contribution is 2.16. The van der Waals surface area contributed by atoms with Crippen LogP contribution in [0.2, 0.25) is 0 Å². The number of nitrogens with zero attached hydrogens (tertiary/aromatic N) is 1. The molecule has 2 saturated heterocycles. The number of aliphatic hydroxyl groups is 1. The van der Waals surface area contributed by atoms with E-state index < -0.39 is 0 Å². The second-order valence-corrected chi connectivity index (χ2v) is 3.89. The smallest absolute Gasteiger partial charge is 0.0831 e. The molecule has 2 rings (SSSR count). The predicted molar refractivity (Wildman–Crippen MR) is 48.1 cm³/mol. The molecule has 2 heterocycles. The Kier molecular flexibility index (Phi) is 2.63. The number of rotatable bonds is 1. The minimum Gasteiger partial charge on any atom is -0.390 e. The van der Waals surface area contributed by atoms with Gasteiger partial charge < -0.3 is 10.4 Å². The van der Waals surface area contributed by atoms with E-state index in [1.807, 2.05) is 0 Å². The van der Waals surface area contributed by atoms with Gasteiger partial charge in [0.15, 0.2) is 0 Å². The molecule has 0 aromatic carbocycles. The fourth-order valence-corrected chi connectivity index (χ4v) is 2.27. The zero-order valence-corrected chi connectivity index (χ0v) is 7.50. The summed E-state index contributed by atoms with van der Waals surface area (Å²) in [6.45, 7) is 4.12. The molecule has 3 nitrogen and oxygen atoms in total. The van der Waals surface area contributed by atoms with Crippen LogP contribution < -0.4 is 5.32 Å². The largest absolute Gasteiger partial charge is 0.390 e. The van der Waals surface area contributed by atoms with Crippen LogP contribution in [-0.4, -0.2) is 48.3 Å². The van der Waals surface area contributed by atoms with E-state index in [9.17, 15) is 5.11 Å². The molecule has 3 heteroatoms. The van der Waals surface area contributed by atoms with Crippen molar-refractivity contribution in [1.29, 1.82) is 0 Å². The molecule has 2 atom stereocenters. The van der Waals surface area contributed by atoms with Crippen LogP contribution in [0.5, 0.6) is 0 Å². The van der Waals surface area contributed by atoms with Crippen LogP contribution in [0.1, 0.15) is 19.3 Å². The third-order valence-electron chi connectivity index (χ3n) is 3.01. The number of β-amino-alcohol motifs (C(OH)–C–C–N with tert-alkyl or cyclic N) is 1. The standard InChI is InChI=1S/C9H18N2O/c12-9-7-10-6-8(9)11-4-2-1-3-5-11/h8-10,12H,1-7H2/t8-,9-/m1/s1. The van der Waals surface area contributed by atoms with Crippen LogP contribution in [0.3, 0.4) is 0 Å². The van der Waals surface area contributed by atoms with Crippen molar-refractivity contribution in [2.45, 2.75) is 31.4 Å². The van der Waals surface area contributed by atoms with E-state index in [1.165, 1.54) is 32.4 Å². The monoisotopic (exact) mass is 170 g/mol. The first-order chi connectivity index (χ1) is 5.88. The highest BCUT2D eigenvalue weighted by atomic mass is 16.3. The van der Waals surface area contributed by atoms with E-state index in [0.29, 0.717) is 6.04 Å². The van der Waals surface area contributed by atoms with Gasteiger partial charge in [-0.05, 0) is 25.9 Å². The Morgan fingerprint density at radius 3 is 2.42 bits per heavy atom. The Hall–Kier alpha value is -0.120. The summed E-state index contributed by atoms with van der Waals surface area (Å²) in [4.78, 5) is 2.44. The molecule has 12 heavy (non-hydrogen) atoms. The number of nitrogens with one attached hydrogen (secondary N) is 1. The van der Waals surface area contributed by atoms with Gasteiger partial charge in [-0.2, -0.15) is 0 Å². The van der Waals surface area contributed by atoms with Crippen LogP contribution >= 0.6 is 0 Å². The van der Waals surface area contributed by atoms with Crippen molar-refractivity contribution in [3.05, 3.63) is 0 Å². The normalized spacial score (nSPS) is 38.8. The van der Waals surface area contributed by atoms with Gasteiger partial charge in [0.2, 0.25) is 0 Å². The van der Waals surface area contributed by atoms with Gasteiger partial charge in [0.25, 0.3) is 0 Å². The van der Waals surface area contributed by atoms with Crippen molar-refractivity contribution < 1.29 is 5.11 Å². The van der Waals surface area contributed by atoms with Gasteiger partial charge in [0.1, 0.15) is 0 Å². The molecular formula is C9H18N2O. The fourth-order valence-electron chi connectivity index (χ4n) is 2.27. The molecule has 2 aliphatic rings. The average Bonchev–Trinajstić information content (AvgIpc) is 2.53. The van der Waals surface area contributed by atoms with E-state index in [4.69, 9.17) is 0 Å². The Morgan fingerprint density at radius 2 is 1.83 bits per heavy atom. The highest BCUT2D eigenvalue weighted by molar-refractivity contribution is 4.89.